The van der Waals surface area contributed by atoms with E-state index in [1.54, 1.807) is 12.1 Å². The van der Waals surface area contributed by atoms with Gasteiger partial charge in [-0.05, 0) is 64.9 Å². The summed E-state index contributed by atoms with van der Waals surface area (Å²) in [5, 5.41) is 16.1. The van der Waals surface area contributed by atoms with Crippen molar-refractivity contribution < 1.29 is 28.6 Å². The monoisotopic (exact) mass is 858 g/mol. The third-order valence-electron chi connectivity index (χ3n) is 10.9. The van der Waals surface area contributed by atoms with Crippen LogP contribution in [0.3, 0.4) is 0 Å². The molecule has 0 aliphatic carbocycles. The third kappa shape index (κ3) is 11.5. The standard InChI is InChI=1S/C52H50N4O6S/c53-44-21-7-8-22-45(44)55-48(59)24-10-9-23-47(58)54-32-36-13-11-18-40(29-36)41-19-12-20-42(30-41)51-60-43(31-46(61-51)37-27-25-35(33-57)26-28-37)34-63-52-56-49(38-14-3-1-4-15-38)50(62-52)39-16-5-2-6-17-39/h1-8,11-22,25-30,43,46,51,57H,9-10,23-24,31-34,53H2,(H,54,58)(H,55,59)/t43-,46+,51+/m1/s1. The van der Waals surface area contributed by atoms with Crippen molar-refractivity contribution >= 4 is 35.0 Å². The van der Waals surface area contributed by atoms with Crippen LogP contribution in [0.2, 0.25) is 0 Å². The Balaban J connectivity index is 0.921. The number of hydrogen-bond acceptors (Lipinski definition) is 9. The summed E-state index contributed by atoms with van der Waals surface area (Å²) in [4.78, 5) is 30.1. The zero-order valence-corrected chi connectivity index (χ0v) is 35.6. The van der Waals surface area contributed by atoms with Gasteiger partial charge in [-0.2, -0.15) is 0 Å². The average Bonchev–Trinajstić information content (AvgIpc) is 3.77. The number of nitrogens with zero attached hydrogens (tertiary/aromatic N) is 1. The minimum absolute atomic E-state index is 0.0305. The average molecular weight is 859 g/mol. The van der Waals surface area contributed by atoms with Gasteiger partial charge in [-0.15, -0.1) is 0 Å². The van der Waals surface area contributed by atoms with Gasteiger partial charge in [-0.1, -0.05) is 145 Å². The van der Waals surface area contributed by atoms with Crippen molar-refractivity contribution in [3.05, 3.63) is 180 Å². The Bertz CT molecular complexity index is 2550. The first kappa shape index (κ1) is 43.2. The molecule has 63 heavy (non-hydrogen) atoms. The number of hydrogen-bond donors (Lipinski definition) is 4. The van der Waals surface area contributed by atoms with Gasteiger partial charge < -0.3 is 35.4 Å². The van der Waals surface area contributed by atoms with Gasteiger partial charge in [0.05, 0.1) is 30.2 Å². The first-order valence-corrected chi connectivity index (χ1v) is 22.2. The number of unbranched alkanes of at least 4 members (excludes halogenated alkanes) is 1. The second kappa shape index (κ2) is 21.0. The molecule has 320 valence electrons. The molecule has 1 aromatic heterocycles. The number of para-hydroxylation sites is 2. The molecule has 0 bridgehead atoms. The molecular weight excluding hydrogens is 809 g/mol. The summed E-state index contributed by atoms with van der Waals surface area (Å²) < 4.78 is 19.9. The summed E-state index contributed by atoms with van der Waals surface area (Å²) in [5.41, 5.74) is 15.5. The van der Waals surface area contributed by atoms with Crippen LogP contribution in [0.25, 0.3) is 33.7 Å². The van der Waals surface area contributed by atoms with E-state index in [2.05, 4.69) is 34.9 Å². The lowest BCUT2D eigenvalue weighted by Gasteiger charge is -2.36. The Morgan fingerprint density at radius 1 is 0.683 bits per heavy atom. The molecule has 2 amide bonds. The van der Waals surface area contributed by atoms with E-state index < -0.39 is 6.29 Å². The number of oxazole rings is 1. The van der Waals surface area contributed by atoms with Crippen molar-refractivity contribution in [3.63, 3.8) is 0 Å². The molecule has 0 unspecified atom stereocenters. The van der Waals surface area contributed by atoms with Crippen LogP contribution >= 0.6 is 11.8 Å². The molecule has 5 N–H and O–H groups in total. The largest absolute Gasteiger partial charge is 0.431 e. The Labute approximate surface area is 371 Å². The van der Waals surface area contributed by atoms with E-state index in [0.717, 1.165) is 56.0 Å². The van der Waals surface area contributed by atoms with Gasteiger partial charge in [-0.25, -0.2) is 4.98 Å². The summed E-state index contributed by atoms with van der Waals surface area (Å²) in [6.45, 7) is 0.354. The second-order valence-electron chi connectivity index (χ2n) is 15.5. The Kier molecular flexibility index (Phi) is 14.4. The molecule has 7 aromatic rings. The normalized spacial score (nSPS) is 16.0. The Hall–Kier alpha value is -6.50. The maximum Gasteiger partial charge on any atom is 0.256 e. The maximum absolute atomic E-state index is 12.7. The van der Waals surface area contributed by atoms with Crippen molar-refractivity contribution in [2.45, 2.75) is 69.0 Å². The molecule has 1 saturated heterocycles. The van der Waals surface area contributed by atoms with Crippen molar-refractivity contribution in [3.8, 4) is 33.7 Å². The van der Waals surface area contributed by atoms with Gasteiger partial charge in [0.25, 0.3) is 5.22 Å². The molecule has 0 spiro atoms. The maximum atomic E-state index is 12.7. The van der Waals surface area contributed by atoms with Crippen LogP contribution in [-0.4, -0.2) is 33.8 Å². The summed E-state index contributed by atoms with van der Waals surface area (Å²) in [5.74, 6) is 1.12. The first-order valence-electron chi connectivity index (χ1n) is 21.2. The zero-order valence-electron chi connectivity index (χ0n) is 34.8. The predicted octanol–water partition coefficient (Wildman–Crippen LogP) is 10.9. The highest BCUT2D eigenvalue weighted by molar-refractivity contribution is 7.99. The number of carbonyl (C=O) groups is 2. The summed E-state index contributed by atoms with van der Waals surface area (Å²) in [6.07, 6.45) is 1.34. The molecule has 1 aliphatic heterocycles. The number of aliphatic hydroxyl groups excluding tert-OH is 1. The van der Waals surface area contributed by atoms with Gasteiger partial charge >= 0.3 is 0 Å². The number of thioether (sulfide) groups is 1. The molecule has 0 radical (unpaired) electrons. The van der Waals surface area contributed by atoms with Crippen LogP contribution in [0.5, 0.6) is 0 Å². The Morgan fingerprint density at radius 2 is 1.35 bits per heavy atom. The summed E-state index contributed by atoms with van der Waals surface area (Å²) in [6, 6.07) is 51.4. The molecule has 1 aliphatic rings. The fourth-order valence-electron chi connectivity index (χ4n) is 7.54. The molecule has 6 aromatic carbocycles. The highest BCUT2D eigenvalue weighted by Gasteiger charge is 2.33. The van der Waals surface area contributed by atoms with Crippen LogP contribution in [-0.2, 0) is 32.2 Å². The van der Waals surface area contributed by atoms with Gasteiger partial charge in [-0.3, -0.25) is 9.59 Å². The summed E-state index contributed by atoms with van der Waals surface area (Å²) >= 11 is 1.53. The number of amides is 2. The number of rotatable bonds is 17. The van der Waals surface area contributed by atoms with Crippen LogP contribution < -0.4 is 16.4 Å². The zero-order chi connectivity index (χ0) is 43.4. The SMILES string of the molecule is Nc1ccccc1NC(=O)CCCCC(=O)NCc1cccc(-c2cccc([C@H]3O[C@@H](CSc4nc(-c5ccccc5)c(-c5ccccc5)o4)C[C@@H](c4ccc(CO)cc4)O3)c2)c1. The fourth-order valence-corrected chi connectivity index (χ4v) is 8.38. The molecule has 8 rings (SSSR count). The lowest BCUT2D eigenvalue weighted by molar-refractivity contribution is -0.245. The molecule has 3 atom stereocenters. The van der Waals surface area contributed by atoms with E-state index in [-0.39, 0.29) is 30.6 Å². The number of benzene rings is 6. The molecule has 11 heteroatoms. The number of nitrogens with two attached hydrogens (primary N) is 1. The van der Waals surface area contributed by atoms with E-state index in [4.69, 9.17) is 24.6 Å². The quantitative estimate of drug-likeness (QED) is 0.0399. The van der Waals surface area contributed by atoms with Gasteiger partial charge in [0, 0.05) is 48.3 Å². The van der Waals surface area contributed by atoms with Crippen LogP contribution in [0, 0.1) is 0 Å². The number of aromatic nitrogens is 1. The van der Waals surface area contributed by atoms with Crippen molar-refractivity contribution in [2.75, 3.05) is 16.8 Å². The van der Waals surface area contributed by atoms with Crippen molar-refractivity contribution in [1.29, 1.82) is 0 Å². The van der Waals surface area contributed by atoms with Crippen LogP contribution in [0.15, 0.2) is 167 Å². The smallest absolute Gasteiger partial charge is 0.256 e. The number of ether oxygens (including phenoxy) is 2. The number of nitrogen functional groups attached to an aromatic ring is 1. The molecule has 1 fully saturated rings. The van der Waals surface area contributed by atoms with E-state index in [1.807, 2.05) is 121 Å². The van der Waals surface area contributed by atoms with Gasteiger partial charge in [0.2, 0.25) is 11.8 Å². The van der Waals surface area contributed by atoms with Gasteiger partial charge in [0.1, 0.15) is 5.69 Å². The topological polar surface area (TPSA) is 149 Å². The predicted molar refractivity (Wildman–Crippen MR) is 248 cm³/mol. The highest BCUT2D eigenvalue weighted by Crippen LogP contribution is 2.42. The second-order valence-corrected chi connectivity index (χ2v) is 16.5. The minimum Gasteiger partial charge on any atom is -0.431 e. The van der Waals surface area contributed by atoms with E-state index in [1.165, 1.54) is 11.8 Å². The minimum atomic E-state index is -0.652. The van der Waals surface area contributed by atoms with Crippen LogP contribution in [0.4, 0.5) is 11.4 Å². The number of nitrogens with one attached hydrogen (secondary N) is 2. The fraction of sp³-hybridized carbons (Fsp3) is 0.212. The van der Waals surface area contributed by atoms with E-state index >= 15 is 0 Å². The highest BCUT2D eigenvalue weighted by atomic mass is 32.2. The van der Waals surface area contributed by atoms with E-state index in [9.17, 15) is 14.7 Å². The number of carbonyl (C=O) groups excluding carboxylic acids is 2. The molecular formula is C52H50N4O6S. The van der Waals surface area contributed by atoms with Gasteiger partial charge in [0.15, 0.2) is 12.1 Å². The number of anilines is 2. The van der Waals surface area contributed by atoms with Crippen LogP contribution in [0.1, 0.15) is 66.8 Å². The third-order valence-corrected chi connectivity index (χ3v) is 11.9. The van der Waals surface area contributed by atoms with Crippen molar-refractivity contribution in [2.24, 2.45) is 0 Å². The molecule has 0 saturated carbocycles. The van der Waals surface area contributed by atoms with Crippen molar-refractivity contribution in [1.82, 2.24) is 10.3 Å². The lowest BCUT2D eigenvalue weighted by atomic mass is 9.99. The molecule has 10 nitrogen and oxygen atoms in total. The lowest BCUT2D eigenvalue weighted by Crippen LogP contribution is -2.31. The number of aliphatic hydroxyl groups is 1. The van der Waals surface area contributed by atoms with E-state index in [0.29, 0.717) is 61.0 Å². The first-order chi connectivity index (χ1) is 30.9. The summed E-state index contributed by atoms with van der Waals surface area (Å²) in [7, 11) is 0. The Morgan fingerprint density at radius 3 is 2.10 bits per heavy atom. The molecule has 2 heterocycles.